The predicted octanol–water partition coefficient (Wildman–Crippen LogP) is 3.45. The van der Waals surface area contributed by atoms with Gasteiger partial charge in [-0.15, -0.1) is 12.4 Å². The summed E-state index contributed by atoms with van der Waals surface area (Å²) < 4.78 is 5.93. The third kappa shape index (κ3) is 4.51. The maximum Gasteiger partial charge on any atom is 0.119 e. The molecule has 2 nitrogen and oxygen atoms in total. The lowest BCUT2D eigenvalue weighted by Gasteiger charge is -2.29. The summed E-state index contributed by atoms with van der Waals surface area (Å²) in [6.07, 6.45) is 2.60. The van der Waals surface area contributed by atoms with E-state index < -0.39 is 0 Å². The Hall–Kier alpha value is -0.730. The molecule has 1 fully saturated rings. The van der Waals surface area contributed by atoms with E-state index in [0.29, 0.717) is 5.92 Å². The summed E-state index contributed by atoms with van der Waals surface area (Å²) in [7, 11) is 2.20. The molecule has 1 aromatic carbocycles. The maximum absolute atomic E-state index is 5.93. The number of nitrogens with zero attached hydrogens (tertiary/aromatic N) is 1. The summed E-state index contributed by atoms with van der Waals surface area (Å²) in [6.45, 7) is 7.50. The summed E-state index contributed by atoms with van der Waals surface area (Å²) >= 11 is 0. The molecule has 1 heterocycles. The molecule has 2 rings (SSSR count). The largest absolute Gasteiger partial charge is 0.493 e. The first-order valence-corrected chi connectivity index (χ1v) is 6.53. The van der Waals surface area contributed by atoms with Gasteiger partial charge in [-0.25, -0.2) is 0 Å². The van der Waals surface area contributed by atoms with Crippen LogP contribution in [0.5, 0.6) is 5.75 Å². The van der Waals surface area contributed by atoms with Gasteiger partial charge in [0, 0.05) is 12.5 Å². The van der Waals surface area contributed by atoms with Gasteiger partial charge in [0.15, 0.2) is 0 Å². The van der Waals surface area contributed by atoms with E-state index in [9.17, 15) is 0 Å². The van der Waals surface area contributed by atoms with Crippen molar-refractivity contribution in [3.63, 3.8) is 0 Å². The van der Waals surface area contributed by atoms with E-state index in [1.165, 1.54) is 37.1 Å². The Labute approximate surface area is 117 Å². The highest BCUT2D eigenvalue weighted by molar-refractivity contribution is 5.85. The number of piperidine rings is 1. The molecule has 18 heavy (non-hydrogen) atoms. The van der Waals surface area contributed by atoms with Crippen molar-refractivity contribution in [3.8, 4) is 5.75 Å². The molecule has 1 atom stereocenters. The molecule has 1 saturated heterocycles. The Morgan fingerprint density at radius 2 is 1.89 bits per heavy atom. The topological polar surface area (TPSA) is 12.5 Å². The van der Waals surface area contributed by atoms with Gasteiger partial charge in [0.25, 0.3) is 0 Å². The Kier molecular flexibility index (Phi) is 5.97. The number of aryl methyl sites for hydroxylation is 2. The zero-order valence-electron chi connectivity index (χ0n) is 11.6. The second-order valence-electron chi connectivity index (χ2n) is 5.40. The molecule has 1 aromatic rings. The minimum Gasteiger partial charge on any atom is -0.493 e. The summed E-state index contributed by atoms with van der Waals surface area (Å²) in [5.74, 6) is 1.71. The van der Waals surface area contributed by atoms with E-state index in [1.807, 2.05) is 0 Å². The normalized spacial score (nSPS) is 20.3. The van der Waals surface area contributed by atoms with Crippen LogP contribution in [0.3, 0.4) is 0 Å². The van der Waals surface area contributed by atoms with Gasteiger partial charge >= 0.3 is 0 Å². The fraction of sp³-hybridized carbons (Fsp3) is 0.600. The Morgan fingerprint density at radius 3 is 2.50 bits per heavy atom. The number of hydrogen-bond acceptors (Lipinski definition) is 2. The van der Waals surface area contributed by atoms with Crippen molar-refractivity contribution in [1.82, 2.24) is 4.90 Å². The highest BCUT2D eigenvalue weighted by Crippen LogP contribution is 2.20. The molecule has 0 bridgehead atoms. The molecule has 0 spiro atoms. The highest BCUT2D eigenvalue weighted by Gasteiger charge is 2.17. The minimum atomic E-state index is 0. The first-order valence-electron chi connectivity index (χ1n) is 6.53. The monoisotopic (exact) mass is 269 g/mol. The lowest BCUT2D eigenvalue weighted by atomic mass is 9.99. The number of ether oxygens (including phenoxy) is 1. The van der Waals surface area contributed by atoms with E-state index in [2.05, 4.69) is 44.0 Å². The van der Waals surface area contributed by atoms with Crippen LogP contribution >= 0.6 is 12.4 Å². The predicted molar refractivity (Wildman–Crippen MR) is 78.9 cm³/mol. The van der Waals surface area contributed by atoms with Gasteiger partial charge in [-0.1, -0.05) is 6.07 Å². The molecule has 0 amide bonds. The molecular formula is C15H24ClNO. The Balaban J connectivity index is 0.00000162. The third-order valence-corrected chi connectivity index (χ3v) is 3.40. The summed E-state index contributed by atoms with van der Waals surface area (Å²) in [6, 6.07) is 6.43. The van der Waals surface area contributed by atoms with E-state index in [-0.39, 0.29) is 12.4 Å². The van der Waals surface area contributed by atoms with E-state index in [4.69, 9.17) is 4.74 Å². The van der Waals surface area contributed by atoms with Crippen LogP contribution in [0, 0.1) is 19.8 Å². The number of likely N-dealkylation sites (tertiary alicyclic amines) is 1. The second-order valence-corrected chi connectivity index (χ2v) is 5.40. The lowest BCUT2D eigenvalue weighted by molar-refractivity contribution is 0.150. The highest BCUT2D eigenvalue weighted by atomic mass is 35.5. The standard InChI is InChI=1S/C15H23NO.ClH/c1-12-7-13(2)9-15(8-12)17-11-14-5-4-6-16(3)10-14;/h7-9,14H,4-6,10-11H2,1-3H3;1H. The zero-order chi connectivity index (χ0) is 12.3. The first-order chi connectivity index (χ1) is 8.13. The maximum atomic E-state index is 5.93. The van der Waals surface area contributed by atoms with Gasteiger partial charge in [0.2, 0.25) is 0 Å². The second kappa shape index (κ2) is 7.01. The molecule has 102 valence electrons. The molecule has 1 unspecified atom stereocenters. The van der Waals surface area contributed by atoms with Crippen molar-refractivity contribution in [3.05, 3.63) is 29.3 Å². The van der Waals surface area contributed by atoms with E-state index in [0.717, 1.165) is 12.4 Å². The molecule has 0 saturated carbocycles. The van der Waals surface area contributed by atoms with Gasteiger partial charge in [-0.2, -0.15) is 0 Å². The summed E-state index contributed by atoms with van der Waals surface area (Å²) in [4.78, 5) is 2.40. The van der Waals surface area contributed by atoms with Crippen LogP contribution in [0.1, 0.15) is 24.0 Å². The molecule has 3 heteroatoms. The van der Waals surface area contributed by atoms with Crippen molar-refractivity contribution >= 4 is 12.4 Å². The molecular weight excluding hydrogens is 246 g/mol. The minimum absolute atomic E-state index is 0. The SMILES string of the molecule is Cc1cc(C)cc(OCC2CCCN(C)C2)c1.Cl. The van der Waals surface area contributed by atoms with Crippen molar-refractivity contribution in [2.45, 2.75) is 26.7 Å². The first kappa shape index (κ1) is 15.3. The van der Waals surface area contributed by atoms with Gasteiger partial charge in [-0.05, 0) is 63.5 Å². The van der Waals surface area contributed by atoms with E-state index in [1.54, 1.807) is 0 Å². The van der Waals surface area contributed by atoms with Crippen molar-refractivity contribution in [1.29, 1.82) is 0 Å². The lowest BCUT2D eigenvalue weighted by Crippen LogP contribution is -2.34. The Morgan fingerprint density at radius 1 is 1.22 bits per heavy atom. The quantitative estimate of drug-likeness (QED) is 0.833. The van der Waals surface area contributed by atoms with Gasteiger partial charge < -0.3 is 9.64 Å². The van der Waals surface area contributed by atoms with Crippen molar-refractivity contribution < 1.29 is 4.74 Å². The average molecular weight is 270 g/mol. The van der Waals surface area contributed by atoms with Crippen LogP contribution in [0.4, 0.5) is 0 Å². The van der Waals surface area contributed by atoms with Gasteiger partial charge in [0.05, 0.1) is 6.61 Å². The number of hydrogen-bond donors (Lipinski definition) is 0. The van der Waals surface area contributed by atoms with Crippen LogP contribution in [-0.2, 0) is 0 Å². The fourth-order valence-electron chi connectivity index (χ4n) is 2.64. The number of halogens is 1. The smallest absolute Gasteiger partial charge is 0.119 e. The summed E-state index contributed by atoms with van der Waals surface area (Å²) in [5, 5.41) is 0. The Bertz CT molecular complexity index is 361. The zero-order valence-corrected chi connectivity index (χ0v) is 12.4. The summed E-state index contributed by atoms with van der Waals surface area (Å²) in [5.41, 5.74) is 2.56. The molecule has 1 aliphatic rings. The van der Waals surface area contributed by atoms with Crippen LogP contribution in [0.2, 0.25) is 0 Å². The molecule has 0 aromatic heterocycles. The van der Waals surface area contributed by atoms with Crippen molar-refractivity contribution in [2.75, 3.05) is 26.7 Å². The molecule has 0 N–H and O–H groups in total. The number of benzene rings is 1. The van der Waals surface area contributed by atoms with Crippen LogP contribution in [0.15, 0.2) is 18.2 Å². The van der Waals surface area contributed by atoms with Crippen LogP contribution < -0.4 is 4.74 Å². The number of rotatable bonds is 3. The van der Waals surface area contributed by atoms with Crippen LogP contribution in [0.25, 0.3) is 0 Å². The average Bonchev–Trinajstić information content (AvgIpc) is 2.25. The van der Waals surface area contributed by atoms with Gasteiger partial charge in [0.1, 0.15) is 5.75 Å². The molecule has 1 aliphatic heterocycles. The molecule has 0 aliphatic carbocycles. The molecule has 0 radical (unpaired) electrons. The van der Waals surface area contributed by atoms with Crippen molar-refractivity contribution in [2.24, 2.45) is 5.92 Å². The fourth-order valence-corrected chi connectivity index (χ4v) is 2.64. The third-order valence-electron chi connectivity index (χ3n) is 3.40. The van der Waals surface area contributed by atoms with Gasteiger partial charge in [-0.3, -0.25) is 0 Å². The van der Waals surface area contributed by atoms with Crippen LogP contribution in [-0.4, -0.2) is 31.6 Å². The van der Waals surface area contributed by atoms with E-state index >= 15 is 0 Å².